The van der Waals surface area contributed by atoms with E-state index in [2.05, 4.69) is 15.8 Å². The van der Waals surface area contributed by atoms with Gasteiger partial charge >= 0.3 is 0 Å². The number of hydrogen-bond donors (Lipinski definition) is 2. The van der Waals surface area contributed by atoms with Crippen molar-refractivity contribution in [1.82, 2.24) is 0 Å². The Morgan fingerprint density at radius 3 is 2.70 bits per heavy atom. The van der Waals surface area contributed by atoms with Gasteiger partial charge in [0.25, 0.3) is 5.91 Å². The second kappa shape index (κ2) is 8.41. The molecule has 0 saturated carbocycles. The van der Waals surface area contributed by atoms with Crippen LogP contribution in [0.2, 0.25) is 0 Å². The van der Waals surface area contributed by atoms with Crippen molar-refractivity contribution in [3.63, 3.8) is 0 Å². The number of carbonyl (C=O) groups excluding carboxylic acids is 1. The SMILES string of the molecule is COc1cccc(NC(=O)c2oc3c(c2C)/C(=N/Nc2ccc(F)cc2)CCC3)c1. The van der Waals surface area contributed by atoms with Crippen molar-refractivity contribution in [2.45, 2.75) is 26.2 Å². The number of halogens is 1. The van der Waals surface area contributed by atoms with Gasteiger partial charge in [0.1, 0.15) is 17.3 Å². The number of hydrogen-bond acceptors (Lipinski definition) is 5. The topological polar surface area (TPSA) is 75.9 Å². The molecule has 0 saturated heterocycles. The highest BCUT2D eigenvalue weighted by molar-refractivity contribution is 6.09. The number of furan rings is 1. The third kappa shape index (κ3) is 4.05. The van der Waals surface area contributed by atoms with Gasteiger partial charge in [0.15, 0.2) is 5.76 Å². The van der Waals surface area contributed by atoms with Crippen LogP contribution in [0, 0.1) is 12.7 Å². The van der Waals surface area contributed by atoms with Crippen LogP contribution in [-0.2, 0) is 6.42 Å². The number of carbonyl (C=O) groups is 1. The zero-order chi connectivity index (χ0) is 21.1. The molecule has 1 amide bonds. The molecule has 0 radical (unpaired) electrons. The molecular weight excluding hydrogens is 385 g/mol. The summed E-state index contributed by atoms with van der Waals surface area (Å²) in [5.74, 6) is 1.07. The van der Waals surface area contributed by atoms with Gasteiger partial charge in [-0.2, -0.15) is 5.10 Å². The molecule has 7 heteroatoms. The third-order valence-electron chi connectivity index (χ3n) is 5.02. The first-order chi connectivity index (χ1) is 14.5. The van der Waals surface area contributed by atoms with Crippen LogP contribution in [0.25, 0.3) is 0 Å². The van der Waals surface area contributed by atoms with Crippen molar-refractivity contribution in [2.24, 2.45) is 5.10 Å². The van der Waals surface area contributed by atoms with E-state index < -0.39 is 0 Å². The zero-order valence-corrected chi connectivity index (χ0v) is 16.8. The monoisotopic (exact) mass is 407 g/mol. The molecule has 1 heterocycles. The Balaban J connectivity index is 1.58. The minimum atomic E-state index is -0.319. The van der Waals surface area contributed by atoms with Gasteiger partial charge in [-0.15, -0.1) is 0 Å². The number of amides is 1. The first kappa shape index (κ1) is 19.7. The summed E-state index contributed by atoms with van der Waals surface area (Å²) in [6.07, 6.45) is 2.39. The van der Waals surface area contributed by atoms with Crippen molar-refractivity contribution in [3.8, 4) is 5.75 Å². The van der Waals surface area contributed by atoms with Crippen molar-refractivity contribution in [3.05, 3.63) is 77.0 Å². The molecule has 30 heavy (non-hydrogen) atoms. The average Bonchev–Trinajstić information content (AvgIpc) is 3.11. The number of hydrazone groups is 1. The Morgan fingerprint density at radius 2 is 1.93 bits per heavy atom. The number of anilines is 2. The van der Waals surface area contributed by atoms with Crippen LogP contribution in [-0.4, -0.2) is 18.7 Å². The fourth-order valence-corrected chi connectivity index (χ4v) is 3.54. The van der Waals surface area contributed by atoms with E-state index in [0.717, 1.165) is 41.9 Å². The predicted octanol–water partition coefficient (Wildman–Crippen LogP) is 5.14. The lowest BCUT2D eigenvalue weighted by atomic mass is 9.93. The van der Waals surface area contributed by atoms with E-state index in [1.165, 1.54) is 12.1 Å². The molecule has 2 aromatic carbocycles. The first-order valence-electron chi connectivity index (χ1n) is 9.71. The van der Waals surface area contributed by atoms with Crippen LogP contribution in [0.1, 0.15) is 40.3 Å². The van der Waals surface area contributed by atoms with E-state index in [9.17, 15) is 9.18 Å². The Bertz CT molecular complexity index is 1100. The Morgan fingerprint density at radius 1 is 1.13 bits per heavy atom. The maximum Gasteiger partial charge on any atom is 0.291 e. The molecule has 0 atom stereocenters. The lowest BCUT2D eigenvalue weighted by Crippen LogP contribution is -2.14. The van der Waals surface area contributed by atoms with E-state index in [0.29, 0.717) is 17.1 Å². The fourth-order valence-electron chi connectivity index (χ4n) is 3.54. The predicted molar refractivity (Wildman–Crippen MR) is 114 cm³/mol. The number of fused-ring (bicyclic) bond motifs is 1. The summed E-state index contributed by atoms with van der Waals surface area (Å²) in [6.45, 7) is 1.86. The van der Waals surface area contributed by atoms with Crippen LogP contribution < -0.4 is 15.5 Å². The molecule has 0 fully saturated rings. The van der Waals surface area contributed by atoms with E-state index >= 15 is 0 Å². The summed E-state index contributed by atoms with van der Waals surface area (Å²) in [6, 6.07) is 13.1. The minimum Gasteiger partial charge on any atom is -0.497 e. The van der Waals surface area contributed by atoms with Gasteiger partial charge in [-0.1, -0.05) is 6.07 Å². The summed E-state index contributed by atoms with van der Waals surface area (Å²) in [7, 11) is 1.58. The summed E-state index contributed by atoms with van der Waals surface area (Å²) in [5.41, 5.74) is 6.72. The van der Waals surface area contributed by atoms with Gasteiger partial charge < -0.3 is 14.5 Å². The van der Waals surface area contributed by atoms with Crippen molar-refractivity contribution in [2.75, 3.05) is 17.9 Å². The van der Waals surface area contributed by atoms with Crippen LogP contribution in [0.5, 0.6) is 5.75 Å². The largest absolute Gasteiger partial charge is 0.497 e. The number of benzene rings is 2. The van der Waals surface area contributed by atoms with Gasteiger partial charge in [0, 0.05) is 29.3 Å². The van der Waals surface area contributed by atoms with Gasteiger partial charge in [0.05, 0.1) is 18.5 Å². The Hall–Kier alpha value is -3.61. The van der Waals surface area contributed by atoms with Crippen molar-refractivity contribution >= 4 is 23.0 Å². The number of rotatable bonds is 5. The molecule has 0 spiro atoms. The number of methoxy groups -OCH3 is 1. The van der Waals surface area contributed by atoms with Gasteiger partial charge in [0.2, 0.25) is 0 Å². The van der Waals surface area contributed by atoms with E-state index in [4.69, 9.17) is 9.15 Å². The quantitative estimate of drug-likeness (QED) is 0.574. The minimum absolute atomic E-state index is 0.277. The molecule has 0 bridgehead atoms. The molecule has 1 aliphatic rings. The molecule has 6 nitrogen and oxygen atoms in total. The third-order valence-corrected chi connectivity index (χ3v) is 5.02. The molecule has 1 aromatic heterocycles. The number of nitrogens with one attached hydrogen (secondary N) is 2. The van der Waals surface area contributed by atoms with Crippen LogP contribution in [0.3, 0.4) is 0 Å². The Labute approximate surface area is 173 Å². The molecule has 4 rings (SSSR count). The van der Waals surface area contributed by atoms with Crippen molar-refractivity contribution in [1.29, 1.82) is 0 Å². The van der Waals surface area contributed by atoms with Crippen LogP contribution in [0.15, 0.2) is 58.0 Å². The second-order valence-corrected chi connectivity index (χ2v) is 7.07. The van der Waals surface area contributed by atoms with Gasteiger partial charge in [-0.3, -0.25) is 10.2 Å². The summed E-state index contributed by atoms with van der Waals surface area (Å²) in [4.78, 5) is 12.8. The van der Waals surface area contributed by atoms with E-state index in [-0.39, 0.29) is 17.5 Å². The molecule has 154 valence electrons. The van der Waals surface area contributed by atoms with Gasteiger partial charge in [-0.05, 0) is 56.2 Å². The molecule has 3 aromatic rings. The number of ether oxygens (including phenoxy) is 1. The highest BCUT2D eigenvalue weighted by atomic mass is 19.1. The maximum atomic E-state index is 13.1. The number of nitrogens with zero attached hydrogens (tertiary/aromatic N) is 1. The normalized spacial score (nSPS) is 14.3. The zero-order valence-electron chi connectivity index (χ0n) is 16.8. The molecule has 2 N–H and O–H groups in total. The second-order valence-electron chi connectivity index (χ2n) is 7.07. The smallest absolute Gasteiger partial charge is 0.291 e. The average molecular weight is 407 g/mol. The van der Waals surface area contributed by atoms with Crippen molar-refractivity contribution < 1.29 is 18.3 Å². The van der Waals surface area contributed by atoms with Gasteiger partial charge in [-0.25, -0.2) is 4.39 Å². The van der Waals surface area contributed by atoms with E-state index in [1.807, 2.05) is 13.0 Å². The molecule has 0 aliphatic heterocycles. The summed E-state index contributed by atoms with van der Waals surface area (Å²) < 4.78 is 24.2. The lowest BCUT2D eigenvalue weighted by molar-refractivity contribution is 0.0994. The summed E-state index contributed by atoms with van der Waals surface area (Å²) in [5, 5.41) is 7.36. The molecule has 1 aliphatic carbocycles. The fraction of sp³-hybridized carbons (Fsp3) is 0.217. The lowest BCUT2D eigenvalue weighted by Gasteiger charge is -2.13. The molecule has 0 unspecified atom stereocenters. The van der Waals surface area contributed by atoms with Crippen LogP contribution >= 0.6 is 0 Å². The Kier molecular flexibility index (Phi) is 5.52. The first-order valence-corrected chi connectivity index (χ1v) is 9.71. The highest BCUT2D eigenvalue weighted by Crippen LogP contribution is 2.31. The van der Waals surface area contributed by atoms with E-state index in [1.54, 1.807) is 37.4 Å². The summed E-state index contributed by atoms with van der Waals surface area (Å²) >= 11 is 0. The number of aryl methyl sites for hydroxylation is 1. The van der Waals surface area contributed by atoms with Crippen LogP contribution in [0.4, 0.5) is 15.8 Å². The highest BCUT2D eigenvalue weighted by Gasteiger charge is 2.28. The molecular formula is C23H22FN3O3. The maximum absolute atomic E-state index is 13.1. The standard InChI is InChI=1S/C23H22FN3O3/c1-14-21-19(27-26-16-11-9-15(24)10-12-16)7-4-8-20(21)30-22(14)23(28)25-17-5-3-6-18(13-17)29-2/h3,5-6,9-13,26H,4,7-8H2,1-2H3,(H,25,28)/b27-19+.